The molecule has 25 heavy (non-hydrogen) atoms. The third kappa shape index (κ3) is 7.55. The van der Waals surface area contributed by atoms with Crippen LogP contribution in [-0.4, -0.2) is 36.3 Å². The molecule has 0 saturated carbocycles. The van der Waals surface area contributed by atoms with Gasteiger partial charge in [0.2, 0.25) is 0 Å². The molecule has 134 valence electrons. The Bertz CT molecular complexity index is 608. The monoisotopic (exact) mass is 339 g/mol. The van der Waals surface area contributed by atoms with Gasteiger partial charge in [-0.05, 0) is 36.1 Å². The number of ether oxygens (including phenoxy) is 1. The predicted octanol–water partition coefficient (Wildman–Crippen LogP) is 4.37. The summed E-state index contributed by atoms with van der Waals surface area (Å²) in [4.78, 5) is 2.34. The third-order valence-electron chi connectivity index (χ3n) is 3.91. The molecule has 0 aliphatic carbocycles. The molecule has 1 N–H and O–H groups in total. The molecule has 0 radical (unpaired) electrons. The van der Waals surface area contributed by atoms with Gasteiger partial charge in [-0.1, -0.05) is 61.5 Å². The summed E-state index contributed by atoms with van der Waals surface area (Å²) in [5, 5.41) is 9.14. The standard InChI is InChI=1S/C22H29NO2/c1-2-18-25-22-13-11-21(12-14-22)19-23(16-7-17-24)15-6-10-20-8-4-3-5-9-20/h3-6,8-14,24H,2,7,15-19H2,1H3. The van der Waals surface area contributed by atoms with E-state index in [0.717, 1.165) is 44.8 Å². The highest BCUT2D eigenvalue weighted by Gasteiger charge is 2.05. The second-order valence-electron chi connectivity index (χ2n) is 6.12. The van der Waals surface area contributed by atoms with Gasteiger partial charge in [-0.25, -0.2) is 0 Å². The molecule has 2 rings (SSSR count). The average molecular weight is 339 g/mol. The van der Waals surface area contributed by atoms with Crippen LogP contribution in [0.3, 0.4) is 0 Å². The molecule has 0 aliphatic rings. The van der Waals surface area contributed by atoms with Gasteiger partial charge in [-0.2, -0.15) is 0 Å². The van der Waals surface area contributed by atoms with E-state index in [1.165, 1.54) is 11.1 Å². The van der Waals surface area contributed by atoms with Gasteiger partial charge in [0.1, 0.15) is 5.75 Å². The van der Waals surface area contributed by atoms with Crippen molar-refractivity contribution in [3.63, 3.8) is 0 Å². The van der Waals surface area contributed by atoms with Crippen LogP contribution >= 0.6 is 0 Å². The molecule has 3 nitrogen and oxygen atoms in total. The summed E-state index contributed by atoms with van der Waals surface area (Å²) in [5.41, 5.74) is 2.47. The average Bonchev–Trinajstić information content (AvgIpc) is 2.66. The van der Waals surface area contributed by atoms with Crippen LogP contribution in [0, 0.1) is 0 Å². The Hall–Kier alpha value is -2.10. The summed E-state index contributed by atoms with van der Waals surface area (Å²) in [5.74, 6) is 0.927. The van der Waals surface area contributed by atoms with E-state index in [4.69, 9.17) is 9.84 Å². The molecule has 2 aromatic rings. The molecule has 0 fully saturated rings. The Morgan fingerprint density at radius 3 is 2.48 bits per heavy atom. The van der Waals surface area contributed by atoms with Crippen LogP contribution < -0.4 is 4.74 Å². The zero-order chi connectivity index (χ0) is 17.7. The van der Waals surface area contributed by atoms with Crippen molar-refractivity contribution in [2.75, 3.05) is 26.3 Å². The molecule has 0 bridgehead atoms. The second-order valence-corrected chi connectivity index (χ2v) is 6.12. The van der Waals surface area contributed by atoms with Gasteiger partial charge >= 0.3 is 0 Å². The minimum absolute atomic E-state index is 0.225. The van der Waals surface area contributed by atoms with Crippen LogP contribution in [0.2, 0.25) is 0 Å². The normalized spacial score (nSPS) is 11.3. The van der Waals surface area contributed by atoms with E-state index in [-0.39, 0.29) is 6.61 Å². The number of nitrogens with zero attached hydrogens (tertiary/aromatic N) is 1. The molecule has 0 unspecified atom stereocenters. The second kappa shape index (κ2) is 11.5. The van der Waals surface area contributed by atoms with Crippen LogP contribution in [0.5, 0.6) is 5.75 Å². The van der Waals surface area contributed by atoms with Crippen molar-refractivity contribution in [1.29, 1.82) is 0 Å². The Morgan fingerprint density at radius 1 is 1.04 bits per heavy atom. The van der Waals surface area contributed by atoms with Crippen LogP contribution in [0.4, 0.5) is 0 Å². The lowest BCUT2D eigenvalue weighted by atomic mass is 10.2. The lowest BCUT2D eigenvalue weighted by Crippen LogP contribution is -2.25. The van der Waals surface area contributed by atoms with Crippen LogP contribution in [0.25, 0.3) is 6.08 Å². The van der Waals surface area contributed by atoms with Crippen LogP contribution in [0.15, 0.2) is 60.7 Å². The van der Waals surface area contributed by atoms with Gasteiger partial charge in [0.25, 0.3) is 0 Å². The molecular weight excluding hydrogens is 310 g/mol. The Kier molecular flexibility index (Phi) is 8.81. The van der Waals surface area contributed by atoms with Crippen molar-refractivity contribution in [2.24, 2.45) is 0 Å². The minimum atomic E-state index is 0.225. The van der Waals surface area contributed by atoms with Crippen molar-refractivity contribution < 1.29 is 9.84 Å². The minimum Gasteiger partial charge on any atom is -0.494 e. The van der Waals surface area contributed by atoms with E-state index in [9.17, 15) is 0 Å². The fourth-order valence-electron chi connectivity index (χ4n) is 2.60. The Labute approximate surface area is 151 Å². The molecule has 0 aromatic heterocycles. The molecule has 0 amide bonds. The summed E-state index contributed by atoms with van der Waals surface area (Å²) >= 11 is 0. The highest BCUT2D eigenvalue weighted by Crippen LogP contribution is 2.14. The number of rotatable bonds is 11. The number of aliphatic hydroxyl groups is 1. The van der Waals surface area contributed by atoms with Gasteiger partial charge < -0.3 is 9.84 Å². The lowest BCUT2D eigenvalue weighted by Gasteiger charge is -2.20. The summed E-state index contributed by atoms with van der Waals surface area (Å²) in [6.45, 7) is 5.70. The van der Waals surface area contributed by atoms with E-state index in [0.29, 0.717) is 0 Å². The number of aliphatic hydroxyl groups excluding tert-OH is 1. The Morgan fingerprint density at radius 2 is 1.80 bits per heavy atom. The maximum absolute atomic E-state index is 9.14. The fraction of sp³-hybridized carbons (Fsp3) is 0.364. The van der Waals surface area contributed by atoms with Gasteiger partial charge in [-0.15, -0.1) is 0 Å². The maximum atomic E-state index is 9.14. The third-order valence-corrected chi connectivity index (χ3v) is 3.91. The Balaban J connectivity index is 1.91. The van der Waals surface area contributed by atoms with E-state index < -0.39 is 0 Å². The fourth-order valence-corrected chi connectivity index (χ4v) is 2.60. The summed E-state index contributed by atoms with van der Waals surface area (Å²) in [6, 6.07) is 18.6. The van der Waals surface area contributed by atoms with Crippen molar-refractivity contribution in [2.45, 2.75) is 26.3 Å². The first-order valence-electron chi connectivity index (χ1n) is 9.08. The first-order valence-corrected chi connectivity index (χ1v) is 9.08. The largest absolute Gasteiger partial charge is 0.494 e. The van der Waals surface area contributed by atoms with E-state index in [1.54, 1.807) is 0 Å². The van der Waals surface area contributed by atoms with Gasteiger partial charge in [0.05, 0.1) is 6.61 Å². The molecule has 0 atom stereocenters. The van der Waals surface area contributed by atoms with E-state index >= 15 is 0 Å². The smallest absolute Gasteiger partial charge is 0.119 e. The summed E-state index contributed by atoms with van der Waals surface area (Å²) in [6.07, 6.45) is 6.14. The lowest BCUT2D eigenvalue weighted by molar-refractivity contribution is 0.232. The maximum Gasteiger partial charge on any atom is 0.119 e. The molecule has 0 heterocycles. The van der Waals surface area contributed by atoms with Crippen LogP contribution in [0.1, 0.15) is 30.9 Å². The number of hydrogen-bond donors (Lipinski definition) is 1. The van der Waals surface area contributed by atoms with Gasteiger partial charge in [0, 0.05) is 26.2 Å². The molecular formula is C22H29NO2. The van der Waals surface area contributed by atoms with Crippen molar-refractivity contribution in [1.82, 2.24) is 4.90 Å². The van der Waals surface area contributed by atoms with E-state index in [2.05, 4.69) is 48.2 Å². The number of benzene rings is 2. The first kappa shape index (κ1) is 19.2. The summed E-state index contributed by atoms with van der Waals surface area (Å²) < 4.78 is 5.64. The van der Waals surface area contributed by atoms with E-state index in [1.807, 2.05) is 30.3 Å². The quantitative estimate of drug-likeness (QED) is 0.660. The van der Waals surface area contributed by atoms with Gasteiger partial charge in [0.15, 0.2) is 0 Å². The molecule has 0 saturated heterocycles. The van der Waals surface area contributed by atoms with Crippen molar-refractivity contribution in [3.05, 3.63) is 71.8 Å². The topological polar surface area (TPSA) is 32.7 Å². The molecule has 2 aromatic carbocycles. The predicted molar refractivity (Wildman–Crippen MR) is 105 cm³/mol. The summed E-state index contributed by atoms with van der Waals surface area (Å²) in [7, 11) is 0. The zero-order valence-electron chi connectivity index (χ0n) is 15.1. The highest BCUT2D eigenvalue weighted by molar-refractivity contribution is 5.48. The van der Waals surface area contributed by atoms with Crippen molar-refractivity contribution in [3.8, 4) is 5.75 Å². The van der Waals surface area contributed by atoms with Crippen LogP contribution in [-0.2, 0) is 6.54 Å². The van der Waals surface area contributed by atoms with Gasteiger partial charge in [-0.3, -0.25) is 4.90 Å². The molecule has 0 spiro atoms. The zero-order valence-corrected chi connectivity index (χ0v) is 15.1. The molecule has 3 heteroatoms. The first-order chi connectivity index (χ1) is 12.3. The molecule has 0 aliphatic heterocycles. The number of hydrogen-bond acceptors (Lipinski definition) is 3. The SMILES string of the molecule is CCCOc1ccc(CN(CC=Cc2ccccc2)CCCO)cc1. The highest BCUT2D eigenvalue weighted by atomic mass is 16.5. The van der Waals surface area contributed by atoms with Crippen molar-refractivity contribution >= 4 is 6.08 Å².